The number of halogens is 1. The summed E-state index contributed by atoms with van der Waals surface area (Å²) in [4.78, 5) is 13.3. The summed E-state index contributed by atoms with van der Waals surface area (Å²) in [5.74, 6) is 1.43. The normalized spacial score (nSPS) is 10.8. The summed E-state index contributed by atoms with van der Waals surface area (Å²) in [7, 11) is 4.68. The molecule has 0 N–H and O–H groups in total. The lowest BCUT2D eigenvalue weighted by Gasteiger charge is -2.20. The Morgan fingerprint density at radius 1 is 0.800 bits per heavy atom. The van der Waals surface area contributed by atoms with Crippen LogP contribution in [0.25, 0.3) is 27.7 Å². The largest absolute Gasteiger partial charge is 0.493 e. The average molecular weight is 422 g/mol. The Morgan fingerprint density at radius 3 is 2.07 bits per heavy atom. The molecule has 6 heteroatoms. The maximum atomic E-state index is 13.3. The van der Waals surface area contributed by atoms with Crippen molar-refractivity contribution in [3.63, 3.8) is 0 Å². The standard InChI is InChI=1S/C24H20ClNO4/c1-28-19-13-16-14-20(27)26(18-7-5-4-6-8-18)22(15-9-11-17(25)12-10-15)21(16)24(30-3)23(19)29-2/h4-14H,1-3H3. The molecule has 30 heavy (non-hydrogen) atoms. The zero-order chi connectivity index (χ0) is 21.3. The summed E-state index contributed by atoms with van der Waals surface area (Å²) < 4.78 is 18.5. The quantitative estimate of drug-likeness (QED) is 0.436. The molecule has 0 radical (unpaired) electrons. The molecule has 0 atom stereocenters. The van der Waals surface area contributed by atoms with E-state index in [0.717, 1.165) is 16.6 Å². The van der Waals surface area contributed by atoms with Crippen LogP contribution in [-0.2, 0) is 0 Å². The third-order valence-corrected chi connectivity index (χ3v) is 5.20. The topological polar surface area (TPSA) is 49.7 Å². The minimum absolute atomic E-state index is 0.173. The molecular weight excluding hydrogens is 402 g/mol. The minimum Gasteiger partial charge on any atom is -0.493 e. The number of hydrogen-bond acceptors (Lipinski definition) is 4. The average Bonchev–Trinajstić information content (AvgIpc) is 2.78. The first-order valence-electron chi connectivity index (χ1n) is 9.29. The fourth-order valence-corrected chi connectivity index (χ4v) is 3.79. The van der Waals surface area contributed by atoms with Crippen LogP contribution in [0.5, 0.6) is 17.2 Å². The molecule has 0 saturated heterocycles. The summed E-state index contributed by atoms with van der Waals surface area (Å²) in [6, 6.07) is 20.2. The molecular formula is C24H20ClNO4. The van der Waals surface area contributed by atoms with E-state index in [2.05, 4.69) is 0 Å². The molecule has 152 valence electrons. The van der Waals surface area contributed by atoms with Crippen LogP contribution in [0, 0.1) is 0 Å². The predicted molar refractivity (Wildman–Crippen MR) is 120 cm³/mol. The molecule has 0 aliphatic heterocycles. The number of hydrogen-bond donors (Lipinski definition) is 0. The van der Waals surface area contributed by atoms with Crippen molar-refractivity contribution in [3.8, 4) is 34.2 Å². The van der Waals surface area contributed by atoms with E-state index in [1.165, 1.54) is 0 Å². The predicted octanol–water partition coefficient (Wildman–Crippen LogP) is 5.34. The Morgan fingerprint density at radius 2 is 1.47 bits per heavy atom. The SMILES string of the molecule is COc1cc2cc(=O)n(-c3ccccc3)c(-c3ccc(Cl)cc3)c2c(OC)c1OC. The van der Waals surface area contributed by atoms with E-state index in [-0.39, 0.29) is 5.56 Å². The highest BCUT2D eigenvalue weighted by Gasteiger charge is 2.23. The van der Waals surface area contributed by atoms with Crippen LogP contribution >= 0.6 is 11.6 Å². The van der Waals surface area contributed by atoms with E-state index in [4.69, 9.17) is 25.8 Å². The van der Waals surface area contributed by atoms with Gasteiger partial charge in [-0.2, -0.15) is 0 Å². The molecule has 0 aliphatic carbocycles. The summed E-state index contributed by atoms with van der Waals surface area (Å²) in [6.07, 6.45) is 0. The highest BCUT2D eigenvalue weighted by atomic mass is 35.5. The van der Waals surface area contributed by atoms with Crippen LogP contribution in [0.15, 0.2) is 71.5 Å². The molecule has 0 bridgehead atoms. The summed E-state index contributed by atoms with van der Waals surface area (Å²) in [5, 5.41) is 2.03. The highest BCUT2D eigenvalue weighted by Crippen LogP contribution is 2.46. The Hall–Kier alpha value is -3.44. The van der Waals surface area contributed by atoms with Gasteiger partial charge in [0, 0.05) is 16.8 Å². The fourth-order valence-electron chi connectivity index (χ4n) is 3.67. The van der Waals surface area contributed by atoms with Gasteiger partial charge >= 0.3 is 0 Å². The van der Waals surface area contributed by atoms with Crippen LogP contribution in [0.2, 0.25) is 5.02 Å². The van der Waals surface area contributed by atoms with E-state index in [1.54, 1.807) is 50.2 Å². The summed E-state index contributed by atoms with van der Waals surface area (Å²) in [6.45, 7) is 0. The molecule has 0 unspecified atom stereocenters. The molecule has 4 rings (SSSR count). The smallest absolute Gasteiger partial charge is 0.256 e. The van der Waals surface area contributed by atoms with Gasteiger partial charge in [-0.15, -0.1) is 0 Å². The molecule has 0 spiro atoms. The molecule has 1 aromatic heterocycles. The van der Waals surface area contributed by atoms with Gasteiger partial charge in [0.2, 0.25) is 5.75 Å². The maximum Gasteiger partial charge on any atom is 0.256 e. The van der Waals surface area contributed by atoms with Gasteiger partial charge in [-0.1, -0.05) is 41.9 Å². The number of pyridine rings is 1. The zero-order valence-corrected chi connectivity index (χ0v) is 17.6. The first-order valence-corrected chi connectivity index (χ1v) is 9.67. The lowest BCUT2D eigenvalue weighted by Crippen LogP contribution is -2.20. The first-order chi connectivity index (χ1) is 14.6. The highest BCUT2D eigenvalue weighted by molar-refractivity contribution is 6.30. The Balaban J connectivity index is 2.24. The molecule has 3 aromatic carbocycles. The molecule has 0 saturated carbocycles. The van der Waals surface area contributed by atoms with Crippen molar-refractivity contribution in [3.05, 3.63) is 82.1 Å². The monoisotopic (exact) mass is 421 g/mol. The Bertz CT molecular complexity index is 1260. The number of para-hydroxylation sites is 1. The van der Waals surface area contributed by atoms with E-state index in [0.29, 0.717) is 33.4 Å². The molecule has 0 aliphatic rings. The summed E-state index contributed by atoms with van der Waals surface area (Å²) >= 11 is 6.12. The molecule has 1 heterocycles. The lowest BCUT2D eigenvalue weighted by atomic mass is 10.0. The van der Waals surface area contributed by atoms with Crippen molar-refractivity contribution in [1.82, 2.24) is 4.57 Å². The summed E-state index contributed by atoms with van der Waals surface area (Å²) in [5.41, 5.74) is 2.06. The van der Waals surface area contributed by atoms with E-state index in [9.17, 15) is 4.79 Å². The molecule has 5 nitrogen and oxygen atoms in total. The Labute approximate surface area is 179 Å². The number of benzene rings is 3. The van der Waals surface area contributed by atoms with Gasteiger partial charge in [0.25, 0.3) is 5.56 Å². The van der Waals surface area contributed by atoms with Crippen molar-refractivity contribution in [1.29, 1.82) is 0 Å². The van der Waals surface area contributed by atoms with E-state index in [1.807, 2.05) is 42.5 Å². The fraction of sp³-hybridized carbons (Fsp3) is 0.125. The van der Waals surface area contributed by atoms with Crippen molar-refractivity contribution in [2.75, 3.05) is 21.3 Å². The zero-order valence-electron chi connectivity index (χ0n) is 16.8. The van der Waals surface area contributed by atoms with Gasteiger partial charge in [0.15, 0.2) is 11.5 Å². The van der Waals surface area contributed by atoms with Gasteiger partial charge in [0.05, 0.1) is 32.4 Å². The van der Waals surface area contributed by atoms with E-state index < -0.39 is 0 Å². The minimum atomic E-state index is -0.173. The van der Waals surface area contributed by atoms with Gasteiger partial charge in [-0.3, -0.25) is 9.36 Å². The van der Waals surface area contributed by atoms with Crippen LogP contribution in [0.4, 0.5) is 0 Å². The van der Waals surface area contributed by atoms with Crippen LogP contribution in [-0.4, -0.2) is 25.9 Å². The van der Waals surface area contributed by atoms with Crippen molar-refractivity contribution < 1.29 is 14.2 Å². The maximum absolute atomic E-state index is 13.3. The van der Waals surface area contributed by atoms with Crippen LogP contribution < -0.4 is 19.8 Å². The van der Waals surface area contributed by atoms with Crippen LogP contribution in [0.1, 0.15) is 0 Å². The van der Waals surface area contributed by atoms with Gasteiger partial charge in [0.1, 0.15) is 0 Å². The number of nitrogens with zero attached hydrogens (tertiary/aromatic N) is 1. The van der Waals surface area contributed by atoms with Gasteiger partial charge < -0.3 is 14.2 Å². The van der Waals surface area contributed by atoms with Gasteiger partial charge in [-0.05, 0) is 41.3 Å². The number of aromatic nitrogens is 1. The second-order valence-electron chi connectivity index (χ2n) is 6.62. The number of ether oxygens (including phenoxy) is 3. The van der Waals surface area contributed by atoms with Crippen molar-refractivity contribution in [2.45, 2.75) is 0 Å². The number of fused-ring (bicyclic) bond motifs is 1. The lowest BCUT2D eigenvalue weighted by molar-refractivity contribution is 0.327. The third-order valence-electron chi connectivity index (χ3n) is 4.95. The number of rotatable bonds is 5. The molecule has 0 amide bonds. The van der Waals surface area contributed by atoms with Crippen molar-refractivity contribution in [2.24, 2.45) is 0 Å². The third kappa shape index (κ3) is 3.27. The second kappa shape index (κ2) is 8.13. The van der Waals surface area contributed by atoms with Crippen LogP contribution in [0.3, 0.4) is 0 Å². The molecule has 4 aromatic rings. The number of methoxy groups -OCH3 is 3. The van der Waals surface area contributed by atoms with Gasteiger partial charge in [-0.25, -0.2) is 0 Å². The molecule has 0 fully saturated rings. The Kier molecular flexibility index (Phi) is 5.38. The van der Waals surface area contributed by atoms with E-state index >= 15 is 0 Å². The van der Waals surface area contributed by atoms with Crippen molar-refractivity contribution >= 4 is 22.4 Å². The first kappa shape index (κ1) is 19.9. The second-order valence-corrected chi connectivity index (χ2v) is 7.06.